The van der Waals surface area contributed by atoms with Gasteiger partial charge in [0.15, 0.2) is 0 Å². The molecule has 4 aliphatic rings. The smallest absolute Gasteiger partial charge is 0.258 e. The van der Waals surface area contributed by atoms with E-state index in [1.165, 1.54) is 44.2 Å². The minimum atomic E-state index is -0.278. The van der Waals surface area contributed by atoms with Crippen LogP contribution in [0.2, 0.25) is 0 Å². The van der Waals surface area contributed by atoms with E-state index in [0.717, 1.165) is 17.4 Å². The molecule has 1 aromatic heterocycles. The monoisotopic (exact) mass is 383 g/mol. The van der Waals surface area contributed by atoms with Crippen LogP contribution >= 0.6 is 0 Å². The lowest BCUT2D eigenvalue weighted by Crippen LogP contribution is -2.55. The van der Waals surface area contributed by atoms with E-state index < -0.39 is 0 Å². The second kappa shape index (κ2) is 6.90. The molecule has 4 saturated carbocycles. The maximum absolute atomic E-state index is 13.1. The lowest BCUT2D eigenvalue weighted by molar-refractivity contribution is -0.0120. The van der Waals surface area contributed by atoms with E-state index in [-0.39, 0.29) is 24.4 Å². The molecular weight excluding hydrogens is 357 g/mol. The number of aromatic nitrogens is 2. The highest BCUT2D eigenvalue weighted by Crippen LogP contribution is 2.53. The maximum Gasteiger partial charge on any atom is 0.258 e. The summed E-state index contributed by atoms with van der Waals surface area (Å²) in [5.41, 5.74) is 1.31. The predicted molar refractivity (Wildman–Crippen MR) is 102 cm³/mol. The molecule has 6 heteroatoms. The maximum atomic E-state index is 13.1. The van der Waals surface area contributed by atoms with Gasteiger partial charge in [0.2, 0.25) is 5.88 Å². The highest BCUT2D eigenvalue weighted by atomic mass is 19.1. The molecule has 0 atom stereocenters. The molecule has 1 heterocycles. The summed E-state index contributed by atoms with van der Waals surface area (Å²) in [7, 11) is 1.76. The van der Waals surface area contributed by atoms with Crippen LogP contribution in [0.25, 0.3) is 0 Å². The molecule has 0 radical (unpaired) electrons. The number of aryl methyl sites for hydroxylation is 1. The first-order valence-corrected chi connectivity index (χ1v) is 10.3. The van der Waals surface area contributed by atoms with Crippen molar-refractivity contribution in [2.75, 3.05) is 0 Å². The van der Waals surface area contributed by atoms with E-state index in [0.29, 0.717) is 23.3 Å². The second-order valence-electron chi connectivity index (χ2n) is 8.83. The summed E-state index contributed by atoms with van der Waals surface area (Å²) >= 11 is 0. The van der Waals surface area contributed by atoms with Crippen LogP contribution in [-0.2, 0) is 13.7 Å². The average Bonchev–Trinajstić information content (AvgIpc) is 3.04. The van der Waals surface area contributed by atoms with E-state index in [1.54, 1.807) is 30.1 Å². The molecular formula is C22H26FN3O2. The van der Waals surface area contributed by atoms with Gasteiger partial charge in [0.25, 0.3) is 5.91 Å². The zero-order valence-electron chi connectivity index (χ0n) is 16.1. The standard InChI is InChI=1S/C22H26FN3O2/c1-26-22(28-12-13-2-4-18(23)5-3-13)19(11-24-26)21(27)25-20-16-7-14-6-15(9-16)10-17(20)8-14/h2-5,11,14-17,20H,6-10,12H2,1H3,(H,25,27). The lowest BCUT2D eigenvalue weighted by Gasteiger charge is -2.54. The van der Waals surface area contributed by atoms with Gasteiger partial charge >= 0.3 is 0 Å². The highest BCUT2D eigenvalue weighted by Gasteiger charge is 2.48. The quantitative estimate of drug-likeness (QED) is 0.857. The number of hydrogen-bond donors (Lipinski definition) is 1. The Morgan fingerprint density at radius 3 is 2.43 bits per heavy atom. The summed E-state index contributed by atoms with van der Waals surface area (Å²) in [6.45, 7) is 0.262. The molecule has 1 amide bonds. The molecule has 28 heavy (non-hydrogen) atoms. The molecule has 0 saturated heterocycles. The van der Waals surface area contributed by atoms with Crippen LogP contribution < -0.4 is 10.1 Å². The molecule has 0 spiro atoms. The van der Waals surface area contributed by atoms with E-state index in [9.17, 15) is 9.18 Å². The number of nitrogens with one attached hydrogen (secondary N) is 1. The average molecular weight is 383 g/mol. The molecule has 4 aliphatic carbocycles. The number of halogens is 1. The van der Waals surface area contributed by atoms with E-state index >= 15 is 0 Å². The van der Waals surface area contributed by atoms with Crippen molar-refractivity contribution in [1.82, 2.24) is 15.1 Å². The number of carbonyl (C=O) groups excluding carboxylic acids is 1. The van der Waals surface area contributed by atoms with Crippen LogP contribution in [0, 0.1) is 29.5 Å². The summed E-state index contributed by atoms with van der Waals surface area (Å²) in [6, 6.07) is 6.45. The van der Waals surface area contributed by atoms with Gasteiger partial charge in [0.05, 0.1) is 6.20 Å². The molecule has 1 N–H and O–H groups in total. The fraction of sp³-hybridized carbons (Fsp3) is 0.545. The summed E-state index contributed by atoms with van der Waals surface area (Å²) in [5, 5.41) is 7.54. The Hall–Kier alpha value is -2.37. The van der Waals surface area contributed by atoms with Crippen molar-refractivity contribution in [3.63, 3.8) is 0 Å². The third kappa shape index (κ3) is 3.19. The topological polar surface area (TPSA) is 56.2 Å². The van der Waals surface area contributed by atoms with Crippen LogP contribution in [0.5, 0.6) is 5.88 Å². The largest absolute Gasteiger partial charge is 0.472 e. The Bertz CT molecular complexity index is 848. The minimum absolute atomic E-state index is 0.0975. The zero-order chi connectivity index (χ0) is 19.3. The van der Waals surface area contributed by atoms with Gasteiger partial charge in [-0.15, -0.1) is 0 Å². The summed E-state index contributed by atoms with van der Waals surface area (Å²) in [6.07, 6.45) is 8.03. The number of amides is 1. The van der Waals surface area contributed by atoms with Crippen molar-refractivity contribution in [1.29, 1.82) is 0 Å². The molecule has 1 aromatic carbocycles. The van der Waals surface area contributed by atoms with Gasteiger partial charge in [-0.3, -0.25) is 4.79 Å². The van der Waals surface area contributed by atoms with Crippen molar-refractivity contribution < 1.29 is 13.9 Å². The summed E-state index contributed by atoms with van der Waals surface area (Å²) in [4.78, 5) is 13.0. The SMILES string of the molecule is Cn1ncc(C(=O)NC2C3CC4CC(C3)CC2C4)c1OCc1ccc(F)cc1. The van der Waals surface area contributed by atoms with E-state index in [4.69, 9.17) is 4.74 Å². The van der Waals surface area contributed by atoms with Crippen molar-refractivity contribution in [3.05, 3.63) is 47.4 Å². The first-order valence-electron chi connectivity index (χ1n) is 10.3. The Balaban J connectivity index is 1.28. The highest BCUT2D eigenvalue weighted by molar-refractivity contribution is 5.96. The van der Waals surface area contributed by atoms with E-state index in [2.05, 4.69) is 10.4 Å². The first kappa shape index (κ1) is 17.7. The van der Waals surface area contributed by atoms with Crippen molar-refractivity contribution in [2.24, 2.45) is 30.7 Å². The van der Waals surface area contributed by atoms with Gasteiger partial charge in [0.1, 0.15) is 18.0 Å². The van der Waals surface area contributed by atoms with Crippen LogP contribution in [0.1, 0.15) is 48.0 Å². The van der Waals surface area contributed by atoms with Crippen molar-refractivity contribution >= 4 is 5.91 Å². The van der Waals surface area contributed by atoms with E-state index in [1.807, 2.05) is 0 Å². The van der Waals surface area contributed by atoms with Crippen LogP contribution in [0.3, 0.4) is 0 Å². The number of carbonyl (C=O) groups is 1. The van der Waals surface area contributed by atoms with Gasteiger partial charge in [-0.2, -0.15) is 5.10 Å². The van der Waals surface area contributed by atoms with Crippen LogP contribution in [-0.4, -0.2) is 21.7 Å². The fourth-order valence-electron chi connectivity index (χ4n) is 5.88. The molecule has 5 nitrogen and oxygen atoms in total. The third-order valence-electron chi connectivity index (χ3n) is 6.94. The lowest BCUT2D eigenvalue weighted by atomic mass is 9.54. The Kier molecular flexibility index (Phi) is 4.37. The first-order chi connectivity index (χ1) is 13.6. The molecule has 148 valence electrons. The van der Waals surface area contributed by atoms with Crippen LogP contribution in [0.15, 0.2) is 30.5 Å². The number of hydrogen-bond acceptors (Lipinski definition) is 3. The molecule has 4 bridgehead atoms. The normalized spacial score (nSPS) is 30.4. The molecule has 0 aliphatic heterocycles. The van der Waals surface area contributed by atoms with Gasteiger partial charge < -0.3 is 10.1 Å². The summed E-state index contributed by atoms with van der Waals surface area (Å²) < 4.78 is 20.5. The molecule has 4 fully saturated rings. The Morgan fingerprint density at radius 1 is 1.14 bits per heavy atom. The third-order valence-corrected chi connectivity index (χ3v) is 6.94. The molecule has 0 unspecified atom stereocenters. The number of rotatable bonds is 5. The number of benzene rings is 1. The summed E-state index contributed by atoms with van der Waals surface area (Å²) in [5.74, 6) is 3.08. The Labute approximate surface area is 164 Å². The van der Waals surface area contributed by atoms with Gasteiger partial charge in [-0.25, -0.2) is 9.07 Å². The van der Waals surface area contributed by atoms with Gasteiger partial charge in [-0.1, -0.05) is 12.1 Å². The second-order valence-corrected chi connectivity index (χ2v) is 8.83. The Morgan fingerprint density at radius 2 is 1.79 bits per heavy atom. The minimum Gasteiger partial charge on any atom is -0.472 e. The molecule has 2 aromatic rings. The van der Waals surface area contributed by atoms with Gasteiger partial charge in [0, 0.05) is 13.1 Å². The van der Waals surface area contributed by atoms with Crippen LogP contribution in [0.4, 0.5) is 4.39 Å². The predicted octanol–water partition coefficient (Wildman–Crippen LogP) is 3.69. The molecule has 6 rings (SSSR count). The number of ether oxygens (including phenoxy) is 1. The fourth-order valence-corrected chi connectivity index (χ4v) is 5.88. The zero-order valence-corrected chi connectivity index (χ0v) is 16.1. The van der Waals surface area contributed by atoms with Gasteiger partial charge in [-0.05, 0) is 73.5 Å². The van der Waals surface area contributed by atoms with Crippen molar-refractivity contribution in [3.8, 4) is 5.88 Å². The van der Waals surface area contributed by atoms with Crippen molar-refractivity contribution in [2.45, 2.75) is 44.8 Å². The number of nitrogens with zero attached hydrogens (tertiary/aromatic N) is 2.